The molecular formula is C13H18N4O2S. The minimum absolute atomic E-state index is 0.0632. The van der Waals surface area contributed by atoms with Crippen LogP contribution in [0.4, 0.5) is 5.69 Å². The summed E-state index contributed by atoms with van der Waals surface area (Å²) in [6.45, 7) is 5.14. The molecule has 1 aromatic heterocycles. The predicted octanol–water partition coefficient (Wildman–Crippen LogP) is 1.63. The van der Waals surface area contributed by atoms with E-state index in [2.05, 4.69) is 20.0 Å². The molecule has 0 radical (unpaired) electrons. The van der Waals surface area contributed by atoms with Crippen molar-refractivity contribution in [3.05, 3.63) is 41.9 Å². The number of anilines is 1. The number of H-pyrrole nitrogens is 1. The Hall–Kier alpha value is -1.86. The molecular weight excluding hydrogens is 276 g/mol. The first-order valence-electron chi connectivity index (χ1n) is 6.36. The maximum absolute atomic E-state index is 12.2. The first-order valence-corrected chi connectivity index (χ1v) is 7.84. The number of nitrogens with one attached hydrogen (secondary N) is 3. The van der Waals surface area contributed by atoms with Crippen LogP contribution in [0.25, 0.3) is 0 Å². The Morgan fingerprint density at radius 3 is 2.70 bits per heavy atom. The van der Waals surface area contributed by atoms with Gasteiger partial charge in [0.15, 0.2) is 5.03 Å². The number of aromatic nitrogens is 2. The summed E-state index contributed by atoms with van der Waals surface area (Å²) in [7, 11) is -3.64. The summed E-state index contributed by atoms with van der Waals surface area (Å²) in [5, 5.41) is 3.24. The average molecular weight is 294 g/mol. The fourth-order valence-corrected chi connectivity index (χ4v) is 2.84. The lowest BCUT2D eigenvalue weighted by Gasteiger charge is -2.11. The Morgan fingerprint density at radius 2 is 2.05 bits per heavy atom. The van der Waals surface area contributed by atoms with Gasteiger partial charge in [-0.05, 0) is 25.1 Å². The Balaban J connectivity index is 2.25. The van der Waals surface area contributed by atoms with Crippen LogP contribution >= 0.6 is 0 Å². The van der Waals surface area contributed by atoms with E-state index in [9.17, 15) is 8.42 Å². The van der Waals surface area contributed by atoms with Gasteiger partial charge in [-0.2, -0.15) is 8.42 Å². The Labute approximate surface area is 118 Å². The Kier molecular flexibility index (Phi) is 4.41. The second-order valence-electron chi connectivity index (χ2n) is 4.38. The maximum atomic E-state index is 12.2. The van der Waals surface area contributed by atoms with Crippen molar-refractivity contribution in [3.63, 3.8) is 0 Å². The van der Waals surface area contributed by atoms with Gasteiger partial charge < -0.3 is 10.3 Å². The van der Waals surface area contributed by atoms with E-state index >= 15 is 0 Å². The molecule has 1 heterocycles. The normalized spacial score (nSPS) is 11.5. The highest BCUT2D eigenvalue weighted by Gasteiger charge is 2.17. The molecule has 0 amide bonds. The monoisotopic (exact) mass is 294 g/mol. The highest BCUT2D eigenvalue weighted by Crippen LogP contribution is 2.19. The lowest BCUT2D eigenvalue weighted by molar-refractivity contribution is 0.598. The quantitative estimate of drug-likeness (QED) is 0.755. The van der Waals surface area contributed by atoms with E-state index in [0.717, 1.165) is 12.1 Å². The largest absolute Gasteiger partial charge is 0.332 e. The van der Waals surface area contributed by atoms with Gasteiger partial charge in [0.05, 0.1) is 11.9 Å². The molecule has 20 heavy (non-hydrogen) atoms. The van der Waals surface area contributed by atoms with E-state index in [1.807, 2.05) is 19.1 Å². The number of imidazole rings is 1. The van der Waals surface area contributed by atoms with Gasteiger partial charge in [0.1, 0.15) is 5.82 Å². The summed E-state index contributed by atoms with van der Waals surface area (Å²) in [5.74, 6) is 0.561. The van der Waals surface area contributed by atoms with Crippen molar-refractivity contribution in [1.82, 2.24) is 15.3 Å². The van der Waals surface area contributed by atoms with Crippen LogP contribution in [0.1, 0.15) is 18.3 Å². The van der Waals surface area contributed by atoms with Crippen molar-refractivity contribution in [2.24, 2.45) is 0 Å². The molecule has 0 atom stereocenters. The van der Waals surface area contributed by atoms with Crippen LogP contribution in [-0.4, -0.2) is 24.9 Å². The summed E-state index contributed by atoms with van der Waals surface area (Å²) >= 11 is 0. The van der Waals surface area contributed by atoms with Crippen LogP contribution < -0.4 is 10.0 Å². The van der Waals surface area contributed by atoms with Gasteiger partial charge in [0, 0.05) is 6.54 Å². The van der Waals surface area contributed by atoms with E-state index in [0.29, 0.717) is 18.1 Å². The van der Waals surface area contributed by atoms with Gasteiger partial charge in [-0.1, -0.05) is 25.1 Å². The number of rotatable bonds is 6. The standard InChI is InChI=1S/C13H18N4O2S/c1-3-14-8-11-6-4-5-7-12(11)17-20(18,19)13-9-15-10(2)16-13/h4-7,9,14,17H,3,8H2,1-2H3,(H,15,16). The highest BCUT2D eigenvalue weighted by atomic mass is 32.2. The number of benzene rings is 1. The van der Waals surface area contributed by atoms with Gasteiger partial charge in [0.25, 0.3) is 10.0 Å². The number of hydrogen-bond acceptors (Lipinski definition) is 4. The van der Waals surface area contributed by atoms with Crippen molar-refractivity contribution < 1.29 is 8.42 Å². The van der Waals surface area contributed by atoms with Crippen LogP contribution in [0.5, 0.6) is 0 Å². The fourth-order valence-electron chi connectivity index (χ4n) is 1.77. The summed E-state index contributed by atoms with van der Waals surface area (Å²) in [6.07, 6.45) is 1.31. The zero-order valence-electron chi connectivity index (χ0n) is 11.5. The molecule has 0 aliphatic rings. The van der Waals surface area contributed by atoms with E-state index in [1.54, 1.807) is 19.1 Å². The molecule has 108 valence electrons. The van der Waals surface area contributed by atoms with E-state index in [-0.39, 0.29) is 5.03 Å². The summed E-state index contributed by atoms with van der Waals surface area (Å²) in [6, 6.07) is 7.31. The third-order valence-corrected chi connectivity index (χ3v) is 4.07. The molecule has 3 N–H and O–H groups in total. The zero-order chi connectivity index (χ0) is 14.6. The van der Waals surface area contributed by atoms with Crippen molar-refractivity contribution >= 4 is 15.7 Å². The maximum Gasteiger partial charge on any atom is 0.278 e. The average Bonchev–Trinajstić information content (AvgIpc) is 2.85. The lowest BCUT2D eigenvalue weighted by Crippen LogP contribution is -2.17. The molecule has 6 nitrogen and oxygen atoms in total. The van der Waals surface area contributed by atoms with E-state index < -0.39 is 10.0 Å². The van der Waals surface area contributed by atoms with Gasteiger partial charge >= 0.3 is 0 Å². The minimum Gasteiger partial charge on any atom is -0.332 e. The third-order valence-electron chi connectivity index (χ3n) is 2.80. The van der Waals surface area contributed by atoms with E-state index in [1.165, 1.54) is 6.20 Å². The van der Waals surface area contributed by atoms with Gasteiger partial charge in [-0.3, -0.25) is 4.72 Å². The molecule has 1 aromatic carbocycles. The number of aromatic amines is 1. The molecule has 0 aliphatic carbocycles. The van der Waals surface area contributed by atoms with Crippen LogP contribution in [0.3, 0.4) is 0 Å². The molecule has 0 spiro atoms. The zero-order valence-corrected chi connectivity index (χ0v) is 12.3. The van der Waals surface area contributed by atoms with Crippen molar-refractivity contribution in [2.45, 2.75) is 25.4 Å². The number of hydrogen-bond donors (Lipinski definition) is 3. The Morgan fingerprint density at radius 1 is 1.30 bits per heavy atom. The molecule has 0 unspecified atom stereocenters. The smallest absolute Gasteiger partial charge is 0.278 e. The first-order chi connectivity index (χ1) is 9.53. The highest BCUT2D eigenvalue weighted by molar-refractivity contribution is 7.92. The molecule has 0 aliphatic heterocycles. The number of para-hydroxylation sites is 1. The van der Waals surface area contributed by atoms with Crippen LogP contribution in [-0.2, 0) is 16.6 Å². The SMILES string of the molecule is CCNCc1ccccc1NS(=O)(=O)c1cnc(C)[nH]1. The second-order valence-corrected chi connectivity index (χ2v) is 6.03. The van der Waals surface area contributed by atoms with Gasteiger partial charge in [0.2, 0.25) is 0 Å². The predicted molar refractivity (Wildman–Crippen MR) is 78.0 cm³/mol. The number of aryl methyl sites for hydroxylation is 1. The first kappa shape index (κ1) is 14.5. The summed E-state index contributed by atoms with van der Waals surface area (Å²) in [5.41, 5.74) is 1.47. The fraction of sp³-hybridized carbons (Fsp3) is 0.308. The molecule has 2 rings (SSSR count). The van der Waals surface area contributed by atoms with Crippen molar-refractivity contribution in [3.8, 4) is 0 Å². The summed E-state index contributed by atoms with van der Waals surface area (Å²) < 4.78 is 27.1. The van der Waals surface area contributed by atoms with Gasteiger partial charge in [-0.15, -0.1) is 0 Å². The van der Waals surface area contributed by atoms with Crippen molar-refractivity contribution in [2.75, 3.05) is 11.3 Å². The molecule has 0 bridgehead atoms. The van der Waals surface area contributed by atoms with E-state index in [4.69, 9.17) is 0 Å². The molecule has 0 saturated heterocycles. The third kappa shape index (κ3) is 3.37. The van der Waals surface area contributed by atoms with Crippen LogP contribution in [0, 0.1) is 6.92 Å². The topological polar surface area (TPSA) is 86.9 Å². The molecule has 0 fully saturated rings. The number of sulfonamides is 1. The molecule has 0 saturated carbocycles. The minimum atomic E-state index is -3.64. The van der Waals surface area contributed by atoms with Crippen molar-refractivity contribution in [1.29, 1.82) is 0 Å². The van der Waals surface area contributed by atoms with Gasteiger partial charge in [-0.25, -0.2) is 4.98 Å². The Bertz CT molecular complexity index is 679. The molecule has 2 aromatic rings. The lowest BCUT2D eigenvalue weighted by atomic mass is 10.2. The molecule has 7 heteroatoms. The number of nitrogens with zero attached hydrogens (tertiary/aromatic N) is 1. The van der Waals surface area contributed by atoms with Crippen LogP contribution in [0.15, 0.2) is 35.5 Å². The summed E-state index contributed by atoms with van der Waals surface area (Å²) in [4.78, 5) is 6.63. The second kappa shape index (κ2) is 6.06. The van der Waals surface area contributed by atoms with Crippen LogP contribution in [0.2, 0.25) is 0 Å².